The zero-order valence-corrected chi connectivity index (χ0v) is 14.1. The zero-order chi connectivity index (χ0) is 15.9. The summed E-state index contributed by atoms with van der Waals surface area (Å²) in [5.74, 6) is 0.267. The van der Waals surface area contributed by atoms with Gasteiger partial charge in [0.2, 0.25) is 5.91 Å². The summed E-state index contributed by atoms with van der Waals surface area (Å²) < 4.78 is 5.05. The van der Waals surface area contributed by atoms with E-state index in [0.29, 0.717) is 6.61 Å². The van der Waals surface area contributed by atoms with Crippen LogP contribution in [0.1, 0.15) is 25.3 Å². The Kier molecular flexibility index (Phi) is 6.68. The number of hydrogen-bond acceptors (Lipinski definition) is 3. The lowest BCUT2D eigenvalue weighted by Gasteiger charge is -2.32. The first kappa shape index (κ1) is 17.3. The van der Waals surface area contributed by atoms with Gasteiger partial charge in [0.1, 0.15) is 0 Å². The lowest BCUT2D eigenvalue weighted by molar-refractivity contribution is -0.127. The van der Waals surface area contributed by atoms with Crippen molar-refractivity contribution in [1.82, 2.24) is 10.2 Å². The van der Waals surface area contributed by atoms with E-state index in [1.54, 1.807) is 7.11 Å². The van der Waals surface area contributed by atoms with Crippen molar-refractivity contribution in [3.8, 4) is 0 Å². The average molecular weight is 325 g/mol. The van der Waals surface area contributed by atoms with Crippen LogP contribution < -0.4 is 5.32 Å². The fraction of sp³-hybridized carbons (Fsp3) is 0.588. The van der Waals surface area contributed by atoms with Crippen LogP contribution in [0.2, 0.25) is 5.02 Å². The van der Waals surface area contributed by atoms with E-state index in [9.17, 15) is 4.79 Å². The summed E-state index contributed by atoms with van der Waals surface area (Å²) >= 11 is 6.21. The highest BCUT2D eigenvalue weighted by Crippen LogP contribution is 2.22. The third kappa shape index (κ3) is 4.97. The number of hydrogen-bond donors (Lipinski definition) is 1. The van der Waals surface area contributed by atoms with Crippen molar-refractivity contribution < 1.29 is 9.53 Å². The number of methoxy groups -OCH3 is 1. The molecule has 4 nitrogen and oxygen atoms in total. The van der Waals surface area contributed by atoms with Crippen LogP contribution in [0.15, 0.2) is 24.3 Å². The molecule has 0 aliphatic carbocycles. The van der Waals surface area contributed by atoms with Crippen LogP contribution in [0, 0.1) is 5.92 Å². The summed E-state index contributed by atoms with van der Waals surface area (Å²) in [7, 11) is 1.65. The van der Waals surface area contributed by atoms with E-state index >= 15 is 0 Å². The second-order valence-electron chi connectivity index (χ2n) is 6.01. The molecule has 1 amide bonds. The molecule has 1 aromatic rings. The molecular weight excluding hydrogens is 300 g/mol. The number of piperidine rings is 1. The predicted molar refractivity (Wildman–Crippen MR) is 88.9 cm³/mol. The summed E-state index contributed by atoms with van der Waals surface area (Å²) in [6.07, 6.45) is 1.80. The third-order valence-electron chi connectivity index (χ3n) is 4.12. The lowest BCUT2D eigenvalue weighted by Crippen LogP contribution is -2.44. The number of nitrogens with one attached hydrogen (secondary N) is 1. The molecular formula is C17H25ClN2O2. The van der Waals surface area contributed by atoms with Gasteiger partial charge in [0.05, 0.1) is 6.61 Å². The minimum atomic E-state index is 0.0682. The number of rotatable bonds is 6. The van der Waals surface area contributed by atoms with Crippen molar-refractivity contribution in [2.45, 2.75) is 32.4 Å². The van der Waals surface area contributed by atoms with E-state index in [0.717, 1.165) is 43.1 Å². The molecule has 5 heteroatoms. The molecule has 1 fully saturated rings. The highest BCUT2D eigenvalue weighted by Gasteiger charge is 2.25. The molecule has 1 atom stereocenters. The average Bonchev–Trinajstić information content (AvgIpc) is 2.50. The van der Waals surface area contributed by atoms with E-state index in [-0.39, 0.29) is 17.9 Å². The van der Waals surface area contributed by atoms with Crippen LogP contribution in [-0.4, -0.2) is 43.7 Å². The zero-order valence-electron chi connectivity index (χ0n) is 13.3. The standard InChI is InChI=1S/C17H25ClN2O2/c1-13(12-22-2)19-17(21)14-7-9-20(10-8-14)11-15-5-3-4-6-16(15)18/h3-6,13-14H,7-12H2,1-2H3,(H,19,21)/t13-/m0/s1. The number of halogens is 1. The maximum absolute atomic E-state index is 12.2. The molecule has 1 heterocycles. The van der Waals surface area contributed by atoms with Crippen molar-refractivity contribution >= 4 is 17.5 Å². The minimum absolute atomic E-state index is 0.0682. The van der Waals surface area contributed by atoms with Crippen LogP contribution in [0.5, 0.6) is 0 Å². The molecule has 1 saturated heterocycles. The number of carbonyl (C=O) groups excluding carboxylic acids is 1. The first-order chi connectivity index (χ1) is 10.6. The van der Waals surface area contributed by atoms with Gasteiger partial charge in [0.15, 0.2) is 0 Å². The van der Waals surface area contributed by atoms with Crippen molar-refractivity contribution in [1.29, 1.82) is 0 Å². The van der Waals surface area contributed by atoms with E-state index < -0.39 is 0 Å². The van der Waals surface area contributed by atoms with Crippen LogP contribution in [0.3, 0.4) is 0 Å². The first-order valence-electron chi connectivity index (χ1n) is 7.85. The highest BCUT2D eigenvalue weighted by molar-refractivity contribution is 6.31. The molecule has 1 N–H and O–H groups in total. The Labute approximate surface area is 137 Å². The SMILES string of the molecule is COC[C@H](C)NC(=O)C1CCN(Cc2ccccc2Cl)CC1. The smallest absolute Gasteiger partial charge is 0.223 e. The quantitative estimate of drug-likeness (QED) is 0.874. The summed E-state index contributed by atoms with van der Waals surface area (Å²) in [6, 6.07) is 8.02. The van der Waals surface area contributed by atoms with Gasteiger partial charge in [0, 0.05) is 30.6 Å². The number of benzene rings is 1. The van der Waals surface area contributed by atoms with Gasteiger partial charge < -0.3 is 10.1 Å². The van der Waals surface area contributed by atoms with Gasteiger partial charge in [0.25, 0.3) is 0 Å². The summed E-state index contributed by atoms with van der Waals surface area (Å²) in [5, 5.41) is 3.84. The van der Waals surface area contributed by atoms with Gasteiger partial charge in [-0.15, -0.1) is 0 Å². The molecule has 1 aliphatic heterocycles. The number of nitrogens with zero attached hydrogens (tertiary/aromatic N) is 1. The number of ether oxygens (including phenoxy) is 1. The molecule has 0 radical (unpaired) electrons. The van der Waals surface area contributed by atoms with Gasteiger partial charge in [-0.3, -0.25) is 9.69 Å². The first-order valence-corrected chi connectivity index (χ1v) is 8.23. The van der Waals surface area contributed by atoms with Gasteiger partial charge in [-0.1, -0.05) is 29.8 Å². The van der Waals surface area contributed by atoms with E-state index in [1.807, 2.05) is 25.1 Å². The van der Waals surface area contributed by atoms with Crippen molar-refractivity contribution in [3.63, 3.8) is 0 Å². The fourth-order valence-electron chi connectivity index (χ4n) is 2.87. The largest absolute Gasteiger partial charge is 0.383 e. The van der Waals surface area contributed by atoms with Crippen molar-refractivity contribution in [2.24, 2.45) is 5.92 Å². The Hall–Kier alpha value is -1.10. The Bertz CT molecular complexity index is 487. The van der Waals surface area contributed by atoms with E-state index in [4.69, 9.17) is 16.3 Å². The number of carbonyl (C=O) groups is 1. The van der Waals surface area contributed by atoms with E-state index in [1.165, 1.54) is 0 Å². The molecule has 2 rings (SSSR count). The molecule has 0 spiro atoms. The van der Waals surface area contributed by atoms with Crippen LogP contribution in [0.25, 0.3) is 0 Å². The Morgan fingerprint density at radius 2 is 2.09 bits per heavy atom. The molecule has 0 saturated carbocycles. The third-order valence-corrected chi connectivity index (χ3v) is 4.48. The van der Waals surface area contributed by atoms with E-state index in [2.05, 4.69) is 16.3 Å². The van der Waals surface area contributed by atoms with Crippen molar-refractivity contribution in [3.05, 3.63) is 34.9 Å². The summed E-state index contributed by atoms with van der Waals surface area (Å²) in [5.41, 5.74) is 1.15. The molecule has 1 aromatic carbocycles. The monoisotopic (exact) mass is 324 g/mol. The van der Waals surface area contributed by atoms with Crippen LogP contribution in [0.4, 0.5) is 0 Å². The second kappa shape index (κ2) is 8.51. The van der Waals surface area contributed by atoms with Crippen LogP contribution in [-0.2, 0) is 16.1 Å². The van der Waals surface area contributed by atoms with Crippen LogP contribution >= 0.6 is 11.6 Å². The summed E-state index contributed by atoms with van der Waals surface area (Å²) in [4.78, 5) is 14.6. The van der Waals surface area contributed by atoms with Gasteiger partial charge >= 0.3 is 0 Å². The topological polar surface area (TPSA) is 41.6 Å². The second-order valence-corrected chi connectivity index (χ2v) is 6.41. The van der Waals surface area contributed by atoms with Gasteiger partial charge in [-0.05, 0) is 44.5 Å². The molecule has 1 aliphatic rings. The minimum Gasteiger partial charge on any atom is -0.383 e. The normalized spacial score (nSPS) is 18.1. The molecule has 22 heavy (non-hydrogen) atoms. The maximum atomic E-state index is 12.2. The molecule has 0 aromatic heterocycles. The number of amides is 1. The fourth-order valence-corrected chi connectivity index (χ4v) is 3.07. The van der Waals surface area contributed by atoms with Gasteiger partial charge in [-0.25, -0.2) is 0 Å². The lowest BCUT2D eigenvalue weighted by atomic mass is 9.95. The Morgan fingerprint density at radius 1 is 1.41 bits per heavy atom. The molecule has 0 unspecified atom stereocenters. The number of likely N-dealkylation sites (tertiary alicyclic amines) is 1. The summed E-state index contributed by atoms with van der Waals surface area (Å²) in [6.45, 7) is 5.24. The molecule has 122 valence electrons. The maximum Gasteiger partial charge on any atom is 0.223 e. The van der Waals surface area contributed by atoms with Crippen molar-refractivity contribution in [2.75, 3.05) is 26.8 Å². The molecule has 0 bridgehead atoms. The Morgan fingerprint density at radius 3 is 2.73 bits per heavy atom. The highest BCUT2D eigenvalue weighted by atomic mass is 35.5. The predicted octanol–water partition coefficient (Wildman–Crippen LogP) is 2.70. The Balaban J connectivity index is 1.78. The van der Waals surface area contributed by atoms with Gasteiger partial charge in [-0.2, -0.15) is 0 Å².